The molecule has 0 amide bonds. The molecule has 122 valence electrons. The fourth-order valence-corrected chi connectivity index (χ4v) is 4.09. The van der Waals surface area contributed by atoms with E-state index in [1.54, 1.807) is 42.5 Å². The van der Waals surface area contributed by atoms with Crippen LogP contribution in [0.2, 0.25) is 0 Å². The van der Waals surface area contributed by atoms with Crippen molar-refractivity contribution in [1.82, 2.24) is 4.57 Å². The summed E-state index contributed by atoms with van der Waals surface area (Å²) in [5, 5.41) is 10.8. The first-order valence-corrected chi connectivity index (χ1v) is 8.72. The summed E-state index contributed by atoms with van der Waals surface area (Å²) in [4.78, 5) is 12.1. The van der Waals surface area contributed by atoms with Crippen LogP contribution in [0.3, 0.4) is 0 Å². The molecule has 1 heterocycles. The van der Waals surface area contributed by atoms with Crippen molar-refractivity contribution in [2.75, 3.05) is 0 Å². The van der Waals surface area contributed by atoms with Gasteiger partial charge in [0, 0.05) is 11.9 Å². The maximum absolute atomic E-state index is 12.9. The van der Waals surface area contributed by atoms with Crippen molar-refractivity contribution < 1.29 is 13.5 Å². The highest BCUT2D eigenvalue weighted by Crippen LogP contribution is 2.32. The monoisotopic (exact) mass is 341 g/mol. The van der Waals surface area contributed by atoms with E-state index < -0.39 is 26.0 Å². The first-order valence-electron chi connectivity index (χ1n) is 7.24. The fourth-order valence-electron chi connectivity index (χ4n) is 2.63. The summed E-state index contributed by atoms with van der Waals surface area (Å²) in [7, 11) is -4.15. The number of benzene rings is 2. The molecule has 0 radical (unpaired) electrons. The lowest BCUT2D eigenvalue weighted by atomic mass is 10.2. The van der Waals surface area contributed by atoms with Crippen molar-refractivity contribution in [1.29, 1.82) is 0 Å². The van der Waals surface area contributed by atoms with Crippen molar-refractivity contribution in [2.24, 2.45) is 0 Å². The minimum Gasteiger partial charge on any atom is -0.506 e. The van der Waals surface area contributed by atoms with Gasteiger partial charge in [-0.3, -0.25) is 4.79 Å². The number of hydrogen-bond acceptors (Lipinski definition) is 4. The van der Waals surface area contributed by atoms with E-state index in [0.717, 1.165) is 0 Å². The second-order valence-corrected chi connectivity index (χ2v) is 7.10. The van der Waals surface area contributed by atoms with E-state index in [0.29, 0.717) is 10.9 Å². The minimum atomic E-state index is -4.15. The van der Waals surface area contributed by atoms with Crippen molar-refractivity contribution in [3.8, 4) is 5.75 Å². The summed E-state index contributed by atoms with van der Waals surface area (Å²) in [5.41, 5.74) is -0.318. The molecule has 0 saturated carbocycles. The molecule has 0 aliphatic rings. The Morgan fingerprint density at radius 1 is 1.04 bits per heavy atom. The molecule has 0 aliphatic carbocycles. The van der Waals surface area contributed by atoms with Crippen LogP contribution in [-0.4, -0.2) is 18.1 Å². The number of hydrogen-bond donors (Lipinski definition) is 1. The van der Waals surface area contributed by atoms with Crippen molar-refractivity contribution in [3.63, 3.8) is 0 Å². The number of aromatic hydroxyl groups is 1. The molecule has 2 aromatic carbocycles. The second kappa shape index (κ2) is 5.98. The topological polar surface area (TPSA) is 76.4 Å². The lowest BCUT2D eigenvalue weighted by Gasteiger charge is -2.14. The quantitative estimate of drug-likeness (QED) is 0.740. The van der Waals surface area contributed by atoms with E-state index in [4.69, 9.17) is 0 Å². The Labute approximate surface area is 139 Å². The highest BCUT2D eigenvalue weighted by Gasteiger charge is 2.28. The maximum Gasteiger partial charge on any atom is 0.274 e. The molecular formula is C18H15NO4S. The SMILES string of the molecule is C=CCn1c(=O)c(S(=O)(=O)c2ccccc2)c(O)c2ccccc21. The zero-order valence-electron chi connectivity index (χ0n) is 12.7. The van der Waals surface area contributed by atoms with Gasteiger partial charge in [-0.1, -0.05) is 36.4 Å². The Balaban J connectivity index is 2.46. The Morgan fingerprint density at radius 3 is 2.33 bits per heavy atom. The summed E-state index contributed by atoms with van der Waals surface area (Å²) < 4.78 is 27.0. The van der Waals surface area contributed by atoms with E-state index in [-0.39, 0.29) is 11.4 Å². The Hall–Kier alpha value is -2.86. The summed E-state index contributed by atoms with van der Waals surface area (Å²) in [6.45, 7) is 3.74. The predicted molar refractivity (Wildman–Crippen MR) is 92.0 cm³/mol. The molecule has 5 nitrogen and oxygen atoms in total. The Bertz CT molecular complexity index is 1080. The summed E-state index contributed by atoms with van der Waals surface area (Å²) in [6.07, 6.45) is 1.50. The molecule has 0 bridgehead atoms. The average molecular weight is 341 g/mol. The van der Waals surface area contributed by atoms with Crippen LogP contribution in [0.4, 0.5) is 0 Å². The van der Waals surface area contributed by atoms with Crippen molar-refractivity contribution in [3.05, 3.63) is 77.6 Å². The highest BCUT2D eigenvalue weighted by atomic mass is 32.2. The zero-order chi connectivity index (χ0) is 17.3. The molecule has 0 spiro atoms. The first kappa shape index (κ1) is 16.0. The van der Waals surface area contributed by atoms with Gasteiger partial charge in [0.15, 0.2) is 4.90 Å². The maximum atomic E-state index is 12.9. The van der Waals surface area contributed by atoms with Crippen molar-refractivity contribution >= 4 is 20.7 Å². The lowest BCUT2D eigenvalue weighted by Crippen LogP contribution is -2.26. The number of nitrogens with zero attached hydrogens (tertiary/aromatic N) is 1. The number of allylic oxidation sites excluding steroid dienone is 1. The molecule has 3 aromatic rings. The molecule has 0 atom stereocenters. The molecule has 0 unspecified atom stereocenters. The van der Waals surface area contributed by atoms with Gasteiger partial charge in [0.05, 0.1) is 10.4 Å². The van der Waals surface area contributed by atoms with Gasteiger partial charge < -0.3 is 9.67 Å². The Morgan fingerprint density at radius 2 is 1.67 bits per heavy atom. The van der Waals surface area contributed by atoms with Crippen LogP contribution in [0, 0.1) is 0 Å². The van der Waals surface area contributed by atoms with Crippen LogP contribution in [0.5, 0.6) is 5.75 Å². The largest absolute Gasteiger partial charge is 0.506 e. The van der Waals surface area contributed by atoms with Crippen LogP contribution in [0.1, 0.15) is 0 Å². The molecule has 0 aliphatic heterocycles. The zero-order valence-corrected chi connectivity index (χ0v) is 13.5. The molecule has 0 fully saturated rings. The molecule has 1 aromatic heterocycles. The van der Waals surface area contributed by atoms with E-state index in [1.165, 1.54) is 22.8 Å². The number of aromatic nitrogens is 1. The van der Waals surface area contributed by atoms with Crippen LogP contribution in [0.15, 0.2) is 81.8 Å². The van der Waals surface area contributed by atoms with E-state index in [2.05, 4.69) is 6.58 Å². The Kier molecular flexibility index (Phi) is 3.99. The number of fused-ring (bicyclic) bond motifs is 1. The molecule has 0 saturated heterocycles. The molecule has 6 heteroatoms. The molecule has 1 N–H and O–H groups in total. The third-order valence-corrected chi connectivity index (χ3v) is 5.54. The second-order valence-electron chi connectivity index (χ2n) is 5.22. The third kappa shape index (κ3) is 2.41. The summed E-state index contributed by atoms with van der Waals surface area (Å²) >= 11 is 0. The van der Waals surface area contributed by atoms with E-state index in [1.807, 2.05) is 0 Å². The molecule has 24 heavy (non-hydrogen) atoms. The van der Waals surface area contributed by atoms with Gasteiger partial charge in [-0.25, -0.2) is 8.42 Å². The fraction of sp³-hybridized carbons (Fsp3) is 0.0556. The lowest BCUT2D eigenvalue weighted by molar-refractivity contribution is 0.460. The first-order chi connectivity index (χ1) is 11.5. The van der Waals surface area contributed by atoms with Crippen LogP contribution < -0.4 is 5.56 Å². The van der Waals surface area contributed by atoms with E-state index >= 15 is 0 Å². The standard InChI is InChI=1S/C18H15NO4S/c1-2-12-19-15-11-7-6-10-14(15)16(20)17(18(19)21)24(22,23)13-8-4-3-5-9-13/h2-11,20H,1,12H2. The predicted octanol–water partition coefficient (Wildman–Crippen LogP) is 2.73. The van der Waals surface area contributed by atoms with Gasteiger partial charge in [-0.05, 0) is 24.3 Å². The third-order valence-electron chi connectivity index (χ3n) is 3.74. The van der Waals surface area contributed by atoms with Crippen molar-refractivity contribution in [2.45, 2.75) is 16.3 Å². The van der Waals surface area contributed by atoms with Crippen LogP contribution in [-0.2, 0) is 16.4 Å². The van der Waals surface area contributed by atoms with Gasteiger partial charge in [-0.2, -0.15) is 0 Å². The van der Waals surface area contributed by atoms with E-state index in [9.17, 15) is 18.3 Å². The van der Waals surface area contributed by atoms with Gasteiger partial charge >= 0.3 is 0 Å². The molecule has 3 rings (SSSR count). The smallest absolute Gasteiger partial charge is 0.274 e. The van der Waals surface area contributed by atoms with Gasteiger partial charge in [0.2, 0.25) is 9.84 Å². The molecular weight excluding hydrogens is 326 g/mol. The summed E-state index contributed by atoms with van der Waals surface area (Å²) in [5.74, 6) is -0.528. The summed E-state index contributed by atoms with van der Waals surface area (Å²) in [6, 6.07) is 14.2. The number of pyridine rings is 1. The normalized spacial score (nSPS) is 11.5. The van der Waals surface area contributed by atoms with Gasteiger partial charge in [0.1, 0.15) is 5.75 Å². The number of rotatable bonds is 4. The average Bonchev–Trinajstić information content (AvgIpc) is 2.59. The van der Waals surface area contributed by atoms with Gasteiger partial charge in [0.25, 0.3) is 5.56 Å². The van der Waals surface area contributed by atoms with Crippen LogP contribution >= 0.6 is 0 Å². The number of para-hydroxylation sites is 1. The minimum absolute atomic E-state index is 0.0437. The highest BCUT2D eigenvalue weighted by molar-refractivity contribution is 7.91. The number of sulfone groups is 1. The van der Waals surface area contributed by atoms with Crippen LogP contribution in [0.25, 0.3) is 10.9 Å². The van der Waals surface area contributed by atoms with Gasteiger partial charge in [-0.15, -0.1) is 6.58 Å².